The van der Waals surface area contributed by atoms with E-state index >= 15 is 0 Å². The first-order valence-electron chi connectivity index (χ1n) is 21.9. The minimum absolute atomic E-state index is 0.661. The fourth-order valence-corrected chi connectivity index (χ4v) is 8.35. The van der Waals surface area contributed by atoms with Gasteiger partial charge in [0.15, 0.2) is 11.6 Å². The molecule has 6 heteroatoms. The second-order valence-electron chi connectivity index (χ2n) is 16.0. The lowest BCUT2D eigenvalue weighted by molar-refractivity contribution is 1.18. The van der Waals surface area contributed by atoms with E-state index in [2.05, 4.69) is 156 Å². The molecule has 7 aromatic carbocycles. The van der Waals surface area contributed by atoms with Crippen molar-refractivity contribution in [2.24, 2.45) is 0 Å². The van der Waals surface area contributed by atoms with Gasteiger partial charge < -0.3 is 0 Å². The fourth-order valence-electron chi connectivity index (χ4n) is 8.35. The highest BCUT2D eigenvalue weighted by molar-refractivity contribution is 5.88. The summed E-state index contributed by atoms with van der Waals surface area (Å²) in [6.45, 7) is 0. The molecule has 0 radical (unpaired) electrons. The highest BCUT2D eigenvalue weighted by Gasteiger charge is 2.16. The number of pyridine rings is 2. The molecule has 310 valence electrons. The molecule has 0 unspecified atom stereocenters. The monoisotopic (exact) mass is 844 g/mol. The van der Waals surface area contributed by atoms with Gasteiger partial charge in [-0.2, -0.15) is 0 Å². The van der Waals surface area contributed by atoms with Crippen LogP contribution in [0.25, 0.3) is 112 Å². The molecule has 0 spiro atoms. The first-order chi connectivity index (χ1) is 32.7. The minimum atomic E-state index is 0.661. The summed E-state index contributed by atoms with van der Waals surface area (Å²) in [4.78, 5) is 29.2. The molecule has 0 amide bonds. The Balaban J connectivity index is 0.982. The van der Waals surface area contributed by atoms with E-state index in [1.54, 1.807) is 0 Å². The molecule has 11 aromatic rings. The summed E-state index contributed by atoms with van der Waals surface area (Å²) in [6.07, 6.45) is 7.36. The van der Waals surface area contributed by atoms with Gasteiger partial charge in [-0.3, -0.25) is 9.97 Å². The molecule has 4 heterocycles. The third-order valence-corrected chi connectivity index (χ3v) is 11.7. The Morgan fingerprint density at radius 3 is 1.12 bits per heavy atom. The summed E-state index contributed by atoms with van der Waals surface area (Å²) in [6, 6.07) is 75.4. The number of nitrogens with zero attached hydrogens (tertiary/aromatic N) is 6. The van der Waals surface area contributed by atoms with Crippen LogP contribution in [-0.4, -0.2) is 29.9 Å². The summed E-state index contributed by atoms with van der Waals surface area (Å²) in [7, 11) is 0. The second kappa shape index (κ2) is 18.0. The van der Waals surface area contributed by atoms with E-state index in [0.29, 0.717) is 11.6 Å². The SMILES string of the molecule is c1ccc(-c2cc(-c3ccc(-c4cc(-c5cccc(-c6nc(-c7ccccc7)cc(-c7ccccc7)n6)c5)ccc4-c4cccnc4)cc3)nc(-c3cccc(-c4ccncc4)c3)n2)cc1. The molecule has 0 fully saturated rings. The largest absolute Gasteiger partial charge is 0.265 e. The second-order valence-corrected chi connectivity index (χ2v) is 16.0. The predicted molar refractivity (Wildman–Crippen MR) is 268 cm³/mol. The summed E-state index contributed by atoms with van der Waals surface area (Å²) in [5, 5.41) is 0. The topological polar surface area (TPSA) is 77.3 Å². The Kier molecular flexibility index (Phi) is 10.9. The van der Waals surface area contributed by atoms with Gasteiger partial charge in [-0.25, -0.2) is 19.9 Å². The first kappa shape index (κ1) is 39.8. The molecule has 4 aromatic heterocycles. The Hall–Kier alpha value is -9.00. The van der Waals surface area contributed by atoms with Crippen molar-refractivity contribution in [2.75, 3.05) is 0 Å². The molecule has 0 saturated heterocycles. The van der Waals surface area contributed by atoms with Crippen molar-refractivity contribution < 1.29 is 0 Å². The molecule has 11 rings (SSSR count). The van der Waals surface area contributed by atoms with E-state index in [1.807, 2.05) is 97.6 Å². The number of hydrogen-bond donors (Lipinski definition) is 0. The fraction of sp³-hybridized carbons (Fsp3) is 0. The molecule has 0 aliphatic carbocycles. The lowest BCUT2D eigenvalue weighted by Crippen LogP contribution is -1.96. The molecule has 0 saturated carbocycles. The number of aromatic nitrogens is 6. The van der Waals surface area contributed by atoms with Crippen LogP contribution in [0.15, 0.2) is 243 Å². The Morgan fingerprint density at radius 1 is 0.212 bits per heavy atom. The van der Waals surface area contributed by atoms with Crippen molar-refractivity contribution >= 4 is 0 Å². The van der Waals surface area contributed by atoms with E-state index < -0.39 is 0 Å². The lowest BCUT2D eigenvalue weighted by Gasteiger charge is -2.15. The van der Waals surface area contributed by atoms with Crippen molar-refractivity contribution in [1.82, 2.24) is 29.9 Å². The molecule has 66 heavy (non-hydrogen) atoms. The Labute approximate surface area is 383 Å². The molecule has 0 aliphatic heterocycles. The van der Waals surface area contributed by atoms with E-state index in [-0.39, 0.29) is 0 Å². The Bertz CT molecular complexity index is 3380. The van der Waals surface area contributed by atoms with Gasteiger partial charge in [0.05, 0.1) is 22.8 Å². The van der Waals surface area contributed by atoms with E-state index in [9.17, 15) is 0 Å². The highest BCUT2D eigenvalue weighted by Crippen LogP contribution is 2.38. The van der Waals surface area contributed by atoms with Gasteiger partial charge in [0.1, 0.15) is 0 Å². The smallest absolute Gasteiger partial charge is 0.160 e. The lowest BCUT2D eigenvalue weighted by atomic mass is 9.90. The van der Waals surface area contributed by atoms with Crippen molar-refractivity contribution in [3.05, 3.63) is 243 Å². The normalized spacial score (nSPS) is 11.0. The van der Waals surface area contributed by atoms with Crippen LogP contribution >= 0.6 is 0 Å². The van der Waals surface area contributed by atoms with Crippen LogP contribution in [-0.2, 0) is 0 Å². The standard InChI is InChI=1S/C60H40N6/c1-4-13-43(14-5-1)55-38-56(44-15-6-2-7-16-44)64-60(63-55)51-22-11-20-48(36-51)49-28-29-53(52-23-12-32-62-40-52)54(37-49)42-24-26-46(27-25-42)58-39-57(45-17-8-3-9-18-45)65-59(66-58)50-21-10-19-47(35-50)41-30-33-61-34-31-41/h1-40H. The Morgan fingerprint density at radius 2 is 0.621 bits per heavy atom. The number of rotatable bonds is 10. The van der Waals surface area contributed by atoms with E-state index in [1.165, 1.54) is 0 Å². The molecule has 0 atom stereocenters. The summed E-state index contributed by atoms with van der Waals surface area (Å²) < 4.78 is 0. The van der Waals surface area contributed by atoms with Gasteiger partial charge in [0.2, 0.25) is 0 Å². The van der Waals surface area contributed by atoms with Crippen molar-refractivity contribution in [1.29, 1.82) is 0 Å². The van der Waals surface area contributed by atoms with E-state index in [0.717, 1.165) is 101 Å². The third kappa shape index (κ3) is 8.42. The third-order valence-electron chi connectivity index (χ3n) is 11.7. The van der Waals surface area contributed by atoms with Gasteiger partial charge in [0.25, 0.3) is 0 Å². The maximum absolute atomic E-state index is 5.19. The molecular weight excluding hydrogens is 805 g/mol. The van der Waals surface area contributed by atoms with Crippen LogP contribution in [0, 0.1) is 0 Å². The average Bonchev–Trinajstić information content (AvgIpc) is 3.42. The molecular formula is C60H40N6. The van der Waals surface area contributed by atoms with Gasteiger partial charge >= 0.3 is 0 Å². The molecule has 0 bridgehead atoms. The van der Waals surface area contributed by atoms with Crippen LogP contribution in [0.3, 0.4) is 0 Å². The summed E-state index contributed by atoms with van der Waals surface area (Å²) in [5.74, 6) is 1.33. The van der Waals surface area contributed by atoms with Crippen LogP contribution in [0.5, 0.6) is 0 Å². The maximum Gasteiger partial charge on any atom is 0.160 e. The van der Waals surface area contributed by atoms with Gasteiger partial charge in [-0.15, -0.1) is 0 Å². The average molecular weight is 845 g/mol. The quantitative estimate of drug-likeness (QED) is 0.136. The van der Waals surface area contributed by atoms with Gasteiger partial charge in [0, 0.05) is 63.7 Å². The molecule has 6 nitrogen and oxygen atoms in total. The maximum atomic E-state index is 5.19. The van der Waals surface area contributed by atoms with Gasteiger partial charge in [-0.1, -0.05) is 170 Å². The molecule has 0 N–H and O–H groups in total. The summed E-state index contributed by atoms with van der Waals surface area (Å²) in [5.41, 5.74) is 18.0. The number of benzene rings is 7. The first-order valence-corrected chi connectivity index (χ1v) is 21.9. The zero-order valence-corrected chi connectivity index (χ0v) is 35.8. The van der Waals surface area contributed by atoms with Crippen LogP contribution in [0.4, 0.5) is 0 Å². The highest BCUT2D eigenvalue weighted by atomic mass is 14.9. The zero-order chi connectivity index (χ0) is 44.1. The van der Waals surface area contributed by atoms with Crippen LogP contribution in [0.2, 0.25) is 0 Å². The van der Waals surface area contributed by atoms with Crippen molar-refractivity contribution in [2.45, 2.75) is 0 Å². The van der Waals surface area contributed by atoms with Crippen molar-refractivity contribution in [3.63, 3.8) is 0 Å². The van der Waals surface area contributed by atoms with Crippen molar-refractivity contribution in [3.8, 4) is 112 Å². The number of hydrogen-bond acceptors (Lipinski definition) is 6. The van der Waals surface area contributed by atoms with Crippen LogP contribution in [0.1, 0.15) is 0 Å². The van der Waals surface area contributed by atoms with Crippen LogP contribution < -0.4 is 0 Å². The minimum Gasteiger partial charge on any atom is -0.265 e. The summed E-state index contributed by atoms with van der Waals surface area (Å²) >= 11 is 0. The molecule has 0 aliphatic rings. The predicted octanol–water partition coefficient (Wildman–Crippen LogP) is 14.7. The van der Waals surface area contributed by atoms with E-state index in [4.69, 9.17) is 19.9 Å². The zero-order valence-electron chi connectivity index (χ0n) is 35.8. The van der Waals surface area contributed by atoms with Gasteiger partial charge in [-0.05, 0) is 87.5 Å².